The molecule has 5 heterocycles. The van der Waals surface area contributed by atoms with Crippen molar-refractivity contribution in [1.29, 1.82) is 0 Å². The van der Waals surface area contributed by atoms with Crippen molar-refractivity contribution in [3.63, 3.8) is 0 Å². The van der Waals surface area contributed by atoms with Crippen LogP contribution in [0.15, 0.2) is 134 Å². The summed E-state index contributed by atoms with van der Waals surface area (Å²) in [5, 5.41) is 12.4. The van der Waals surface area contributed by atoms with Crippen LogP contribution >= 0.6 is 12.4 Å². The molecule has 0 spiro atoms. The lowest BCUT2D eigenvalue weighted by atomic mass is 10.2. The Bertz CT molecular complexity index is 2340. The van der Waals surface area contributed by atoms with Gasteiger partial charge in [0, 0.05) is 51.6 Å². The van der Waals surface area contributed by atoms with Gasteiger partial charge < -0.3 is 39.0 Å². The van der Waals surface area contributed by atoms with Crippen LogP contribution in [0, 0.1) is 11.8 Å². The summed E-state index contributed by atoms with van der Waals surface area (Å²) < 4.78 is 26.0. The van der Waals surface area contributed by atoms with Crippen LogP contribution in [0.25, 0.3) is 0 Å². The average Bonchev–Trinajstić information content (AvgIpc) is 3.88. The number of methoxy groups -OCH3 is 1. The van der Waals surface area contributed by atoms with E-state index in [0.29, 0.717) is 51.8 Å². The molecule has 5 aliphatic heterocycles. The number of carboxylic acids is 1. The van der Waals surface area contributed by atoms with E-state index in [1.165, 1.54) is 30.7 Å². The number of piperidine rings is 2. The summed E-state index contributed by atoms with van der Waals surface area (Å²) in [6.45, 7) is 5.26. The lowest BCUT2D eigenvalue weighted by Gasteiger charge is -2.22. The van der Waals surface area contributed by atoms with E-state index in [1.54, 1.807) is 23.1 Å². The third-order valence-electron chi connectivity index (χ3n) is 13.5. The first kappa shape index (κ1) is 55.7. The quantitative estimate of drug-likeness (QED) is 0.144. The molecule has 7 aliphatic rings. The van der Waals surface area contributed by atoms with Crippen molar-refractivity contribution < 1.29 is 52.8 Å². The minimum atomic E-state index is -0.968. The molecule has 5 unspecified atom stereocenters. The Kier molecular flexibility index (Phi) is 22.3. The van der Waals surface area contributed by atoms with Crippen LogP contribution in [-0.2, 0) is 54.9 Å². The van der Waals surface area contributed by atoms with Crippen molar-refractivity contribution in [1.82, 2.24) is 24.9 Å². The molecule has 11 rings (SSSR count). The number of benzene rings is 4. The summed E-state index contributed by atoms with van der Waals surface area (Å²) in [5.74, 6) is 0.901. The molecule has 2 aliphatic carbocycles. The number of carbonyl (C=O) groups excluding carboxylic acids is 4. The predicted molar refractivity (Wildman–Crippen MR) is 276 cm³/mol. The number of halogens is 1. The second kappa shape index (κ2) is 29.2. The van der Waals surface area contributed by atoms with Crippen LogP contribution in [0.1, 0.15) is 80.0 Å². The third kappa shape index (κ3) is 17.8. The minimum Gasteiger partial charge on any atom is -0.480 e. The Morgan fingerprint density at radius 2 is 1.03 bits per heavy atom. The molecule has 73 heavy (non-hydrogen) atoms. The predicted octanol–water partition coefficient (Wildman–Crippen LogP) is 10.0. The van der Waals surface area contributed by atoms with Crippen LogP contribution in [0.2, 0.25) is 0 Å². The first-order chi connectivity index (χ1) is 35.2. The molecular weight excluding hydrogens is 954 g/mol. The topological polar surface area (TPSA) is 177 Å². The lowest BCUT2D eigenvalue weighted by Crippen LogP contribution is -2.40. The average molecular weight is 1020 g/mol. The monoisotopic (exact) mass is 1020 g/mol. The molecule has 0 bridgehead atoms. The number of rotatable bonds is 10. The number of likely N-dealkylation sites (tertiary alicyclic amines) is 3. The highest BCUT2D eigenvalue weighted by Crippen LogP contribution is 2.44. The Morgan fingerprint density at radius 3 is 1.41 bits per heavy atom. The summed E-state index contributed by atoms with van der Waals surface area (Å²) in [5.41, 5.74) is 3.93. The summed E-state index contributed by atoms with van der Waals surface area (Å²) in [6, 6.07) is 39.2. The van der Waals surface area contributed by atoms with Crippen LogP contribution in [0.3, 0.4) is 0 Å². The van der Waals surface area contributed by atoms with Gasteiger partial charge in [-0.3, -0.25) is 14.7 Å². The van der Waals surface area contributed by atoms with E-state index in [4.69, 9.17) is 28.8 Å². The summed E-state index contributed by atoms with van der Waals surface area (Å²) >= 11 is 0. The largest absolute Gasteiger partial charge is 0.480 e. The number of carbonyl (C=O) groups is 5. The molecule has 2 N–H and O–H groups in total. The van der Waals surface area contributed by atoms with E-state index >= 15 is 0 Å². The van der Waals surface area contributed by atoms with Gasteiger partial charge in [-0.15, -0.1) is 12.4 Å². The fraction of sp³-hybridized carbons (Fsp3) is 0.446. The maximum absolute atomic E-state index is 11.8. The Morgan fingerprint density at radius 1 is 0.548 bits per heavy atom. The molecule has 4 aromatic rings. The molecule has 6 atom stereocenters. The number of nitrogens with zero attached hydrogens (tertiary/aromatic N) is 4. The van der Waals surface area contributed by atoms with E-state index in [1.807, 2.05) is 132 Å². The van der Waals surface area contributed by atoms with Gasteiger partial charge in [0.15, 0.2) is 0 Å². The standard InChI is InChI=1S/C13H15NO4.C13H17NO3.C13H15NO2.C12H13NO2.C5H9N.ClH/c15-12(16)11-7-4-8-14(11)13(17)18-9-10-5-2-1-3-6-10;1-16-12-8-5-9-14(12)13(15)17-10-11-6-3-2-4-7-11;15-13(14-7-6-11-8-12(11)14)16-9-10-4-2-1-3-5-10;14-12(13-8-4-5-9-13)15-10-11-6-2-1-3-7-11;1-2-6-5-3-4(1)5;/h1-3,5-6,11H,4,7-9H2,(H,15,16);2-4,6-7,12H,5,8-10H2,1H3;1-5,11-12H,6-9H2;1-4,6-8H,5,9-10H2;4-6H,1-3H2;1H/t11-;;;;;/m0...../s1. The molecule has 0 radical (unpaired) electrons. The Balaban J connectivity index is 0.000000152. The number of aliphatic carboxylic acids is 1. The van der Waals surface area contributed by atoms with Gasteiger partial charge in [0.25, 0.3) is 0 Å². The molecule has 2 saturated carbocycles. The highest BCUT2D eigenvalue weighted by Gasteiger charge is 2.49. The number of ether oxygens (including phenoxy) is 5. The van der Waals surface area contributed by atoms with Gasteiger partial charge in [-0.05, 0) is 98.4 Å². The Labute approximate surface area is 434 Å². The van der Waals surface area contributed by atoms with Crippen LogP contribution in [-0.4, -0.2) is 119 Å². The zero-order valence-electron chi connectivity index (χ0n) is 41.6. The molecule has 4 amide bonds. The summed E-state index contributed by atoms with van der Waals surface area (Å²) in [6.07, 6.45) is 11.6. The highest BCUT2D eigenvalue weighted by atomic mass is 35.5. The first-order valence-corrected chi connectivity index (χ1v) is 25.2. The zero-order chi connectivity index (χ0) is 50.5. The molecule has 16 nitrogen and oxygen atoms in total. The fourth-order valence-corrected chi connectivity index (χ4v) is 9.17. The molecule has 392 valence electrons. The lowest BCUT2D eigenvalue weighted by molar-refractivity contribution is -0.141. The van der Waals surface area contributed by atoms with Crippen molar-refractivity contribution in [2.45, 2.75) is 109 Å². The van der Waals surface area contributed by atoms with Gasteiger partial charge in [0.2, 0.25) is 0 Å². The number of nitrogens with one attached hydrogen (secondary N) is 1. The molecular formula is C56H70ClN5O11. The third-order valence-corrected chi connectivity index (χ3v) is 13.5. The van der Waals surface area contributed by atoms with Crippen LogP contribution in [0.5, 0.6) is 0 Å². The maximum Gasteiger partial charge on any atom is 0.414 e. The van der Waals surface area contributed by atoms with E-state index in [2.05, 4.69) is 5.32 Å². The fourth-order valence-electron chi connectivity index (χ4n) is 9.17. The van der Waals surface area contributed by atoms with Crippen molar-refractivity contribution >= 4 is 42.7 Å². The second-order valence-corrected chi connectivity index (χ2v) is 18.6. The Hall–Kier alpha value is -6.62. The van der Waals surface area contributed by atoms with Crippen molar-refractivity contribution in [2.75, 3.05) is 39.8 Å². The minimum absolute atomic E-state index is 0. The SMILES string of the molecule is C1CC2CC2N1.COC1CCCN1C(=O)OCc1ccccc1.Cl.O=C(O)[C@@H]1CCCN1C(=O)OCc1ccccc1.O=C(OCc1ccccc1)N1C=CCC1.O=C(OCc1ccccc1)N1CCC2CC21. The van der Waals surface area contributed by atoms with Gasteiger partial charge in [0.05, 0.1) is 0 Å². The second-order valence-electron chi connectivity index (χ2n) is 18.6. The van der Waals surface area contributed by atoms with Crippen LogP contribution in [0.4, 0.5) is 19.2 Å². The van der Waals surface area contributed by atoms with Crippen LogP contribution < -0.4 is 5.32 Å². The number of hydrogen-bond donors (Lipinski definition) is 2. The number of hydrogen-bond acceptors (Lipinski definition) is 11. The summed E-state index contributed by atoms with van der Waals surface area (Å²) in [7, 11) is 1.62. The number of amides is 4. The molecule has 0 aromatic heterocycles. The molecule has 17 heteroatoms. The summed E-state index contributed by atoms with van der Waals surface area (Å²) in [4.78, 5) is 64.2. The maximum atomic E-state index is 11.8. The van der Waals surface area contributed by atoms with Gasteiger partial charge in [-0.25, -0.2) is 24.0 Å². The molecule has 6 fully saturated rings. The number of carboxylic acid groups (broad SMARTS) is 1. The van der Waals surface area contributed by atoms with E-state index in [9.17, 15) is 24.0 Å². The van der Waals surface area contributed by atoms with Gasteiger partial charge in [-0.1, -0.05) is 127 Å². The van der Waals surface area contributed by atoms with Crippen molar-refractivity contribution in [3.8, 4) is 0 Å². The van der Waals surface area contributed by atoms with E-state index in [-0.39, 0.29) is 43.5 Å². The van der Waals surface area contributed by atoms with Gasteiger partial charge >= 0.3 is 30.3 Å². The van der Waals surface area contributed by atoms with E-state index in [0.717, 1.165) is 78.9 Å². The first-order valence-electron chi connectivity index (χ1n) is 25.2. The van der Waals surface area contributed by atoms with Gasteiger partial charge in [-0.2, -0.15) is 0 Å². The van der Waals surface area contributed by atoms with E-state index < -0.39 is 18.1 Å². The van der Waals surface area contributed by atoms with Gasteiger partial charge in [0.1, 0.15) is 38.7 Å². The van der Waals surface area contributed by atoms with Crippen molar-refractivity contribution in [2.24, 2.45) is 11.8 Å². The normalized spacial score (nSPS) is 22.1. The number of fused-ring (bicyclic) bond motifs is 2. The highest BCUT2D eigenvalue weighted by molar-refractivity contribution is 5.85. The van der Waals surface area contributed by atoms with Crippen molar-refractivity contribution in [3.05, 3.63) is 156 Å². The smallest absolute Gasteiger partial charge is 0.414 e. The molecule has 4 aromatic carbocycles. The molecule has 4 saturated heterocycles. The zero-order valence-corrected chi connectivity index (χ0v) is 42.4.